The first-order chi connectivity index (χ1) is 8.35. The van der Waals surface area contributed by atoms with Crippen molar-refractivity contribution in [3.05, 3.63) is 29.8 Å². The molecule has 0 saturated carbocycles. The summed E-state index contributed by atoms with van der Waals surface area (Å²) < 4.78 is 37.6. The van der Waals surface area contributed by atoms with E-state index in [9.17, 15) is 18.3 Å². The standard InChI is InChI=1S/C13H18F3NO/c1-3-8-17(9-13(14,15)16)12-7-5-4-6-11(12)10(2)18/h4-7,10,18H,3,8-9H2,1-2H3. The minimum absolute atomic E-state index is 0.309. The highest BCUT2D eigenvalue weighted by Crippen LogP contribution is 2.29. The summed E-state index contributed by atoms with van der Waals surface area (Å²) in [6, 6.07) is 6.66. The Morgan fingerprint density at radius 2 is 1.89 bits per heavy atom. The van der Waals surface area contributed by atoms with Gasteiger partial charge < -0.3 is 10.0 Å². The predicted octanol–water partition coefficient (Wildman–Crippen LogP) is 3.52. The van der Waals surface area contributed by atoms with E-state index in [0.717, 1.165) is 0 Å². The molecule has 0 spiro atoms. The third-order valence-electron chi connectivity index (χ3n) is 2.59. The SMILES string of the molecule is CCCN(CC(F)(F)F)c1ccccc1C(C)O. The first-order valence-corrected chi connectivity index (χ1v) is 5.94. The molecule has 0 saturated heterocycles. The highest BCUT2D eigenvalue weighted by molar-refractivity contribution is 5.54. The van der Waals surface area contributed by atoms with Crippen LogP contribution in [0.25, 0.3) is 0 Å². The van der Waals surface area contributed by atoms with Crippen LogP contribution in [0.15, 0.2) is 24.3 Å². The van der Waals surface area contributed by atoms with E-state index >= 15 is 0 Å². The van der Waals surface area contributed by atoms with Crippen molar-refractivity contribution in [3.63, 3.8) is 0 Å². The minimum Gasteiger partial charge on any atom is -0.389 e. The summed E-state index contributed by atoms with van der Waals surface area (Å²) in [5, 5.41) is 9.61. The van der Waals surface area contributed by atoms with Crippen LogP contribution in [-0.2, 0) is 0 Å². The minimum atomic E-state index is -4.25. The van der Waals surface area contributed by atoms with Gasteiger partial charge in [0, 0.05) is 17.8 Å². The van der Waals surface area contributed by atoms with Crippen molar-refractivity contribution in [2.75, 3.05) is 18.0 Å². The van der Waals surface area contributed by atoms with Crippen molar-refractivity contribution < 1.29 is 18.3 Å². The Balaban J connectivity index is 3.05. The van der Waals surface area contributed by atoms with E-state index in [1.165, 1.54) is 4.90 Å². The second-order valence-corrected chi connectivity index (χ2v) is 4.27. The van der Waals surface area contributed by atoms with Gasteiger partial charge in [0.2, 0.25) is 0 Å². The second kappa shape index (κ2) is 6.09. The Labute approximate surface area is 105 Å². The van der Waals surface area contributed by atoms with Crippen LogP contribution in [0.1, 0.15) is 31.9 Å². The van der Waals surface area contributed by atoms with Crippen molar-refractivity contribution in [1.82, 2.24) is 0 Å². The van der Waals surface area contributed by atoms with Gasteiger partial charge in [-0.1, -0.05) is 25.1 Å². The molecule has 1 unspecified atom stereocenters. The van der Waals surface area contributed by atoms with Gasteiger partial charge in [-0.15, -0.1) is 0 Å². The van der Waals surface area contributed by atoms with Gasteiger partial charge in [-0.25, -0.2) is 0 Å². The molecule has 0 aliphatic carbocycles. The number of hydrogen-bond donors (Lipinski definition) is 1. The molecular weight excluding hydrogens is 243 g/mol. The maximum absolute atomic E-state index is 12.5. The fraction of sp³-hybridized carbons (Fsp3) is 0.538. The molecule has 1 aromatic rings. The lowest BCUT2D eigenvalue weighted by Crippen LogP contribution is -2.35. The van der Waals surface area contributed by atoms with Crippen molar-refractivity contribution in [2.24, 2.45) is 0 Å². The normalized spacial score (nSPS) is 13.4. The van der Waals surface area contributed by atoms with Crippen molar-refractivity contribution in [3.8, 4) is 0 Å². The van der Waals surface area contributed by atoms with Gasteiger partial charge in [-0.3, -0.25) is 0 Å². The Morgan fingerprint density at radius 1 is 1.28 bits per heavy atom. The highest BCUT2D eigenvalue weighted by atomic mass is 19.4. The first-order valence-electron chi connectivity index (χ1n) is 5.94. The van der Waals surface area contributed by atoms with Crippen LogP contribution in [0.4, 0.5) is 18.9 Å². The number of benzene rings is 1. The lowest BCUT2D eigenvalue weighted by atomic mass is 10.1. The van der Waals surface area contributed by atoms with E-state index in [2.05, 4.69) is 0 Å². The largest absolute Gasteiger partial charge is 0.405 e. The van der Waals surface area contributed by atoms with Gasteiger partial charge in [-0.05, 0) is 19.4 Å². The summed E-state index contributed by atoms with van der Waals surface area (Å²) in [6.45, 7) is 2.69. The monoisotopic (exact) mass is 261 g/mol. The van der Waals surface area contributed by atoms with Crippen LogP contribution in [0.3, 0.4) is 0 Å². The molecule has 0 fully saturated rings. The Kier molecular flexibility index (Phi) is 5.02. The van der Waals surface area contributed by atoms with E-state index in [4.69, 9.17) is 0 Å². The quantitative estimate of drug-likeness (QED) is 0.876. The molecule has 0 aliphatic rings. The van der Waals surface area contributed by atoms with Crippen LogP contribution >= 0.6 is 0 Å². The maximum Gasteiger partial charge on any atom is 0.405 e. The molecule has 0 aromatic heterocycles. The van der Waals surface area contributed by atoms with Crippen molar-refractivity contribution >= 4 is 5.69 Å². The van der Waals surface area contributed by atoms with E-state index in [1.807, 2.05) is 6.92 Å². The van der Waals surface area contributed by atoms with Crippen LogP contribution in [0.5, 0.6) is 0 Å². The van der Waals surface area contributed by atoms with E-state index < -0.39 is 18.8 Å². The molecule has 18 heavy (non-hydrogen) atoms. The number of aliphatic hydroxyl groups is 1. The Hall–Kier alpha value is -1.23. The molecule has 2 nitrogen and oxygen atoms in total. The van der Waals surface area contributed by atoms with Gasteiger partial charge in [0.15, 0.2) is 0 Å². The number of para-hydroxylation sites is 1. The van der Waals surface area contributed by atoms with Gasteiger partial charge in [-0.2, -0.15) is 13.2 Å². The molecule has 1 N–H and O–H groups in total. The third-order valence-corrected chi connectivity index (χ3v) is 2.59. The van der Waals surface area contributed by atoms with Gasteiger partial charge in [0.1, 0.15) is 6.54 Å². The van der Waals surface area contributed by atoms with Gasteiger partial charge in [0.05, 0.1) is 6.10 Å². The van der Waals surface area contributed by atoms with Crippen molar-refractivity contribution in [2.45, 2.75) is 32.5 Å². The van der Waals surface area contributed by atoms with E-state index in [0.29, 0.717) is 24.2 Å². The zero-order valence-electron chi connectivity index (χ0n) is 10.5. The maximum atomic E-state index is 12.5. The fourth-order valence-corrected chi connectivity index (χ4v) is 1.90. The summed E-state index contributed by atoms with van der Waals surface area (Å²) in [4.78, 5) is 1.27. The predicted molar refractivity (Wildman–Crippen MR) is 65.6 cm³/mol. The summed E-state index contributed by atoms with van der Waals surface area (Å²) in [5.41, 5.74) is 0.974. The number of halogens is 3. The number of hydrogen-bond acceptors (Lipinski definition) is 2. The third kappa shape index (κ3) is 4.22. The molecule has 0 heterocycles. The summed E-state index contributed by atoms with van der Waals surface area (Å²) >= 11 is 0. The van der Waals surface area contributed by atoms with Crippen molar-refractivity contribution in [1.29, 1.82) is 0 Å². The van der Waals surface area contributed by atoms with Crippen LogP contribution in [0.2, 0.25) is 0 Å². The van der Waals surface area contributed by atoms with Gasteiger partial charge >= 0.3 is 6.18 Å². The first kappa shape index (κ1) is 14.8. The Bertz CT molecular complexity index is 377. The zero-order chi connectivity index (χ0) is 13.8. The van der Waals surface area contributed by atoms with E-state index in [1.54, 1.807) is 31.2 Å². The van der Waals surface area contributed by atoms with Crippen LogP contribution < -0.4 is 4.90 Å². The lowest BCUT2D eigenvalue weighted by molar-refractivity contribution is -0.119. The number of aliphatic hydroxyl groups excluding tert-OH is 1. The molecule has 0 bridgehead atoms. The van der Waals surface area contributed by atoms with E-state index in [-0.39, 0.29) is 0 Å². The highest BCUT2D eigenvalue weighted by Gasteiger charge is 2.31. The molecule has 102 valence electrons. The molecule has 1 aromatic carbocycles. The lowest BCUT2D eigenvalue weighted by Gasteiger charge is -2.28. The average Bonchev–Trinajstić information content (AvgIpc) is 2.26. The molecule has 0 aliphatic heterocycles. The van der Waals surface area contributed by atoms with Crippen LogP contribution in [0, 0.1) is 0 Å². The summed E-state index contributed by atoms with van der Waals surface area (Å²) in [7, 11) is 0. The summed E-state index contributed by atoms with van der Waals surface area (Å²) in [5.74, 6) is 0. The number of rotatable bonds is 5. The molecule has 1 rings (SSSR count). The molecular formula is C13H18F3NO. The molecule has 0 radical (unpaired) electrons. The fourth-order valence-electron chi connectivity index (χ4n) is 1.90. The second-order valence-electron chi connectivity index (χ2n) is 4.27. The topological polar surface area (TPSA) is 23.5 Å². The zero-order valence-corrected chi connectivity index (χ0v) is 10.5. The Morgan fingerprint density at radius 3 is 2.39 bits per heavy atom. The van der Waals surface area contributed by atoms with Gasteiger partial charge in [0.25, 0.3) is 0 Å². The molecule has 1 atom stereocenters. The average molecular weight is 261 g/mol. The number of nitrogens with zero attached hydrogens (tertiary/aromatic N) is 1. The number of alkyl halides is 3. The number of anilines is 1. The smallest absolute Gasteiger partial charge is 0.389 e. The molecule has 5 heteroatoms. The van der Waals surface area contributed by atoms with Crippen LogP contribution in [-0.4, -0.2) is 24.4 Å². The molecule has 0 amide bonds. The summed E-state index contributed by atoms with van der Waals surface area (Å²) in [6.07, 6.45) is -4.42.